The molecule has 0 spiro atoms. The number of nitrogen functional groups attached to an aromatic ring is 1. The number of imidazole rings is 1. The summed E-state index contributed by atoms with van der Waals surface area (Å²) in [6.07, 6.45) is 4.06. The zero-order chi connectivity index (χ0) is 23.5. The minimum absolute atomic E-state index is 0.0781. The van der Waals surface area contributed by atoms with Crippen LogP contribution in [0.2, 0.25) is 0 Å². The summed E-state index contributed by atoms with van der Waals surface area (Å²) in [5.41, 5.74) is 14.2. The Morgan fingerprint density at radius 2 is 2.15 bits per heavy atom. The predicted octanol–water partition coefficient (Wildman–Crippen LogP) is 5.34. The highest BCUT2D eigenvalue weighted by atomic mass is 16.5. The van der Waals surface area contributed by atoms with Gasteiger partial charge in [0.05, 0.1) is 29.7 Å². The van der Waals surface area contributed by atoms with Gasteiger partial charge in [0, 0.05) is 23.5 Å². The summed E-state index contributed by atoms with van der Waals surface area (Å²) in [5.74, 6) is 1.66. The molecule has 0 saturated heterocycles. The summed E-state index contributed by atoms with van der Waals surface area (Å²) in [4.78, 5) is 12.5. The molecule has 1 aliphatic carbocycles. The van der Waals surface area contributed by atoms with Crippen molar-refractivity contribution in [3.05, 3.63) is 82.9 Å². The lowest BCUT2D eigenvalue weighted by Crippen LogP contribution is -2.19. The van der Waals surface area contributed by atoms with Gasteiger partial charge in [-0.2, -0.15) is 0 Å². The number of nitrogens with zero attached hydrogens (tertiary/aromatic N) is 2. The molecule has 1 aliphatic rings. The van der Waals surface area contributed by atoms with Crippen LogP contribution in [0.3, 0.4) is 0 Å². The summed E-state index contributed by atoms with van der Waals surface area (Å²) in [5, 5.41) is 3.64. The van der Waals surface area contributed by atoms with E-state index in [4.69, 9.17) is 15.5 Å². The molecule has 1 aromatic heterocycles. The van der Waals surface area contributed by atoms with Gasteiger partial charge in [-0.3, -0.25) is 4.99 Å². The van der Waals surface area contributed by atoms with Crippen molar-refractivity contribution >= 4 is 17.1 Å². The van der Waals surface area contributed by atoms with E-state index < -0.39 is 0 Å². The first-order valence-electron chi connectivity index (χ1n) is 11.5. The third-order valence-electron chi connectivity index (χ3n) is 5.95. The van der Waals surface area contributed by atoms with Gasteiger partial charge < -0.3 is 20.8 Å². The van der Waals surface area contributed by atoms with Gasteiger partial charge in [-0.15, -0.1) is 0 Å². The fourth-order valence-electron chi connectivity index (χ4n) is 4.37. The Morgan fingerprint density at radius 3 is 2.85 bits per heavy atom. The first kappa shape index (κ1) is 22.8. The van der Waals surface area contributed by atoms with Crippen LogP contribution in [-0.4, -0.2) is 21.8 Å². The van der Waals surface area contributed by atoms with E-state index in [2.05, 4.69) is 40.1 Å². The number of hydrogen-bond donors (Lipinski definition) is 3. The van der Waals surface area contributed by atoms with Crippen LogP contribution in [0.4, 0.5) is 5.69 Å². The average Bonchev–Trinajstić information content (AvgIpc) is 3.38. The van der Waals surface area contributed by atoms with Crippen molar-refractivity contribution in [2.45, 2.75) is 59.2 Å². The maximum atomic E-state index is 6.19. The second-order valence-electron chi connectivity index (χ2n) is 8.90. The van der Waals surface area contributed by atoms with Crippen LogP contribution in [0.5, 0.6) is 5.75 Å². The third-order valence-corrected chi connectivity index (χ3v) is 5.95. The van der Waals surface area contributed by atoms with E-state index in [-0.39, 0.29) is 6.10 Å². The number of fused-ring (bicyclic) bond motifs is 1. The second-order valence-corrected chi connectivity index (χ2v) is 8.90. The van der Waals surface area contributed by atoms with Crippen molar-refractivity contribution in [2.75, 3.05) is 5.73 Å². The summed E-state index contributed by atoms with van der Waals surface area (Å²) in [6, 6.07) is 12.5. The van der Waals surface area contributed by atoms with Crippen molar-refractivity contribution in [2.24, 2.45) is 4.99 Å². The van der Waals surface area contributed by atoms with E-state index in [1.165, 1.54) is 11.1 Å². The lowest BCUT2D eigenvalue weighted by Gasteiger charge is -2.15. The second kappa shape index (κ2) is 9.63. The number of anilines is 1. The minimum Gasteiger partial charge on any atom is -0.489 e. The highest BCUT2D eigenvalue weighted by Gasteiger charge is 2.25. The van der Waals surface area contributed by atoms with Gasteiger partial charge in [-0.25, -0.2) is 4.98 Å². The predicted molar refractivity (Wildman–Crippen MR) is 136 cm³/mol. The number of ether oxygens (including phenoxy) is 1. The quantitative estimate of drug-likeness (QED) is 0.324. The normalized spacial score (nSPS) is 15.7. The van der Waals surface area contributed by atoms with Gasteiger partial charge in [0.25, 0.3) is 0 Å². The van der Waals surface area contributed by atoms with Crippen molar-refractivity contribution in [1.82, 2.24) is 15.3 Å². The maximum absolute atomic E-state index is 6.19. The first-order valence-corrected chi connectivity index (χ1v) is 11.5. The van der Waals surface area contributed by atoms with Crippen molar-refractivity contribution in [3.63, 3.8) is 0 Å². The fraction of sp³-hybridized carbons (Fsp3) is 0.333. The van der Waals surface area contributed by atoms with Crippen molar-refractivity contribution in [3.8, 4) is 5.75 Å². The summed E-state index contributed by atoms with van der Waals surface area (Å²) >= 11 is 0. The maximum Gasteiger partial charge on any atom is 0.142 e. The van der Waals surface area contributed by atoms with Crippen molar-refractivity contribution < 1.29 is 4.74 Å². The highest BCUT2D eigenvalue weighted by Crippen LogP contribution is 2.36. The molecule has 6 nitrogen and oxygen atoms in total. The van der Waals surface area contributed by atoms with Crippen LogP contribution in [0, 0.1) is 6.92 Å². The minimum atomic E-state index is 0.0781. The Kier molecular flexibility index (Phi) is 6.65. The molecule has 0 amide bonds. The smallest absolute Gasteiger partial charge is 0.142 e. The van der Waals surface area contributed by atoms with Crippen LogP contribution >= 0.6 is 0 Å². The molecule has 0 fully saturated rings. The molecular weight excluding hydrogens is 410 g/mol. The molecule has 0 saturated carbocycles. The monoisotopic (exact) mass is 443 g/mol. The molecule has 0 bridgehead atoms. The zero-order valence-electron chi connectivity index (χ0n) is 19.9. The van der Waals surface area contributed by atoms with Crippen LogP contribution in [0.25, 0.3) is 5.70 Å². The topological polar surface area (TPSA) is 88.3 Å². The number of aliphatic imine (C=N–C) groups is 1. The van der Waals surface area contributed by atoms with Gasteiger partial charge in [0.15, 0.2) is 0 Å². The van der Waals surface area contributed by atoms with Crippen LogP contribution in [0.1, 0.15) is 67.0 Å². The first-order chi connectivity index (χ1) is 15.8. The Hall–Kier alpha value is -3.38. The molecule has 0 unspecified atom stereocenters. The lowest BCUT2D eigenvalue weighted by atomic mass is 10.00. The number of benzene rings is 2. The number of rotatable bonds is 8. The number of aromatic amines is 1. The number of H-pyrrole nitrogens is 1. The van der Waals surface area contributed by atoms with Crippen LogP contribution < -0.4 is 15.8 Å². The summed E-state index contributed by atoms with van der Waals surface area (Å²) in [6.45, 7) is 13.0. The van der Waals surface area contributed by atoms with Crippen molar-refractivity contribution in [1.29, 1.82) is 0 Å². The molecule has 1 atom stereocenters. The molecular formula is C27H33N5O. The molecule has 4 N–H and O–H groups in total. The molecule has 0 radical (unpaired) electrons. The van der Waals surface area contributed by atoms with E-state index in [1.807, 2.05) is 52.1 Å². The Labute approximate surface area is 196 Å². The largest absolute Gasteiger partial charge is 0.489 e. The van der Waals surface area contributed by atoms with E-state index in [0.717, 1.165) is 53.4 Å². The molecule has 4 rings (SSSR count). The van der Waals surface area contributed by atoms with E-state index >= 15 is 0 Å². The molecule has 172 valence electrons. The lowest BCUT2D eigenvalue weighted by molar-refractivity contribution is 0.244. The van der Waals surface area contributed by atoms with Crippen LogP contribution in [0.15, 0.2) is 54.2 Å². The van der Waals surface area contributed by atoms with Gasteiger partial charge >= 0.3 is 0 Å². The van der Waals surface area contributed by atoms with Gasteiger partial charge in [-0.05, 0) is 75.4 Å². The van der Waals surface area contributed by atoms with E-state index in [9.17, 15) is 0 Å². The standard InChI is InChI=1S/C27H33N5O/c1-16(2)33-26-12-9-20(13-24(26)28)18(4)32-19(5)21-7-6-8-23-22(21)10-11-25(23)29-15-27-30-14-17(3)31-27/h6-9,12-14,16,25,29H,5,10-11,15,28H2,1-4H3,(H,30,31)/b32-18+/t25-/m0/s1. The molecule has 2 aromatic carbocycles. The molecule has 33 heavy (non-hydrogen) atoms. The van der Waals surface area contributed by atoms with E-state index in [0.29, 0.717) is 17.5 Å². The number of nitrogens with one attached hydrogen (secondary N) is 2. The Balaban J connectivity index is 1.50. The number of aryl methyl sites for hydroxylation is 1. The van der Waals surface area contributed by atoms with Gasteiger partial charge in [0.2, 0.25) is 0 Å². The summed E-state index contributed by atoms with van der Waals surface area (Å²) in [7, 11) is 0. The Bertz CT molecular complexity index is 1190. The zero-order valence-corrected chi connectivity index (χ0v) is 19.9. The fourth-order valence-corrected chi connectivity index (χ4v) is 4.37. The molecule has 3 aromatic rings. The SMILES string of the molecule is C=C(/N=C(\C)c1ccc(OC(C)C)c(N)c1)c1cccc2c1CC[C@@H]2NCc1nc(C)c[nH]1. The highest BCUT2D eigenvalue weighted by molar-refractivity contribution is 6.02. The molecule has 0 aliphatic heterocycles. The molecule has 1 heterocycles. The summed E-state index contributed by atoms with van der Waals surface area (Å²) < 4.78 is 5.75. The van der Waals surface area contributed by atoms with Crippen LogP contribution in [-0.2, 0) is 13.0 Å². The van der Waals surface area contributed by atoms with E-state index in [1.54, 1.807) is 0 Å². The average molecular weight is 444 g/mol. The third kappa shape index (κ3) is 5.17. The van der Waals surface area contributed by atoms with Gasteiger partial charge in [0.1, 0.15) is 11.6 Å². The number of nitrogens with two attached hydrogens (primary N) is 1. The Morgan fingerprint density at radius 1 is 1.33 bits per heavy atom. The van der Waals surface area contributed by atoms with Gasteiger partial charge in [-0.1, -0.05) is 24.8 Å². The molecule has 6 heteroatoms. The number of hydrogen-bond acceptors (Lipinski definition) is 5. The number of aromatic nitrogens is 2.